The van der Waals surface area contributed by atoms with Gasteiger partial charge in [0, 0.05) is 4.90 Å². The fraction of sp³-hybridized carbons (Fsp3) is 0.185. The highest BCUT2D eigenvalue weighted by molar-refractivity contribution is 8.04. The molecule has 3 aromatic carbocycles. The van der Waals surface area contributed by atoms with Gasteiger partial charge >= 0.3 is 0 Å². The number of benzene rings is 3. The molecule has 0 bridgehead atoms. The molecule has 1 aliphatic rings. The van der Waals surface area contributed by atoms with E-state index in [4.69, 9.17) is 4.74 Å². The molecule has 3 aromatic rings. The minimum atomic E-state index is -0.307. The molecule has 2 amide bonds. The van der Waals surface area contributed by atoms with Crippen LogP contribution in [-0.2, 0) is 9.59 Å². The number of amides is 2. The number of rotatable bonds is 7. The molecule has 0 unspecified atom stereocenters. The van der Waals surface area contributed by atoms with Crippen molar-refractivity contribution < 1.29 is 14.3 Å². The van der Waals surface area contributed by atoms with Gasteiger partial charge in [-0.2, -0.15) is 0 Å². The van der Waals surface area contributed by atoms with E-state index in [0.717, 1.165) is 16.2 Å². The van der Waals surface area contributed by atoms with Crippen LogP contribution in [0.5, 0.6) is 5.75 Å². The molecule has 5 heteroatoms. The van der Waals surface area contributed by atoms with E-state index in [1.165, 1.54) is 16.7 Å². The summed E-state index contributed by atoms with van der Waals surface area (Å²) in [5.41, 5.74) is 2.61. The summed E-state index contributed by atoms with van der Waals surface area (Å²) in [5, 5.41) is 0. The fourth-order valence-electron chi connectivity index (χ4n) is 3.48. The molecule has 4 nitrogen and oxygen atoms in total. The topological polar surface area (TPSA) is 46.6 Å². The van der Waals surface area contributed by atoms with Gasteiger partial charge in [-0.15, -0.1) is 0 Å². The predicted octanol–water partition coefficient (Wildman–Crippen LogP) is 6.11. The highest BCUT2D eigenvalue weighted by atomic mass is 32.2. The van der Waals surface area contributed by atoms with Crippen LogP contribution in [0.1, 0.15) is 25.0 Å². The molecule has 4 rings (SSSR count). The molecule has 0 spiro atoms. The van der Waals surface area contributed by atoms with Crippen LogP contribution in [0, 0.1) is 12.8 Å². The van der Waals surface area contributed by atoms with E-state index in [9.17, 15) is 9.59 Å². The van der Waals surface area contributed by atoms with Crippen LogP contribution in [0.4, 0.5) is 5.69 Å². The highest BCUT2D eigenvalue weighted by Gasteiger charge is 2.40. The third-order valence-corrected chi connectivity index (χ3v) is 6.18. The summed E-state index contributed by atoms with van der Waals surface area (Å²) in [5.74, 6) is 0.558. The summed E-state index contributed by atoms with van der Waals surface area (Å²) in [4.78, 5) is 29.7. The number of hydrogen-bond donors (Lipinski definition) is 0. The van der Waals surface area contributed by atoms with Gasteiger partial charge in [-0.1, -0.05) is 74.1 Å². The molecule has 1 aliphatic heterocycles. The molecular formula is C27H25NO3S. The van der Waals surface area contributed by atoms with Crippen LogP contribution < -0.4 is 9.64 Å². The molecule has 0 N–H and O–H groups in total. The van der Waals surface area contributed by atoms with Crippen molar-refractivity contribution in [1.82, 2.24) is 0 Å². The lowest BCUT2D eigenvalue weighted by molar-refractivity contribution is -0.119. The van der Waals surface area contributed by atoms with E-state index >= 15 is 0 Å². The predicted molar refractivity (Wildman–Crippen MR) is 130 cm³/mol. The van der Waals surface area contributed by atoms with Crippen LogP contribution in [0.15, 0.2) is 88.7 Å². The maximum atomic E-state index is 13.6. The largest absolute Gasteiger partial charge is 0.493 e. The number of hydrogen-bond acceptors (Lipinski definition) is 4. The maximum Gasteiger partial charge on any atom is 0.272 e. The molecule has 0 atom stereocenters. The van der Waals surface area contributed by atoms with Crippen molar-refractivity contribution in [2.24, 2.45) is 5.92 Å². The summed E-state index contributed by atoms with van der Waals surface area (Å²) >= 11 is 1.32. The van der Waals surface area contributed by atoms with Gasteiger partial charge in [0.1, 0.15) is 5.75 Å². The lowest BCUT2D eigenvalue weighted by Crippen LogP contribution is -2.31. The van der Waals surface area contributed by atoms with Crippen molar-refractivity contribution >= 4 is 34.8 Å². The molecule has 162 valence electrons. The Labute approximate surface area is 192 Å². The molecule has 0 radical (unpaired) electrons. The number of ether oxygens (including phenoxy) is 1. The Kier molecular flexibility index (Phi) is 6.47. The fourth-order valence-corrected chi connectivity index (χ4v) is 4.49. The average molecular weight is 444 g/mol. The quantitative estimate of drug-likeness (QED) is 0.414. The smallest absolute Gasteiger partial charge is 0.272 e. The van der Waals surface area contributed by atoms with Crippen LogP contribution in [0.25, 0.3) is 5.57 Å². The Morgan fingerprint density at radius 2 is 1.50 bits per heavy atom. The molecule has 0 saturated carbocycles. The molecule has 1 heterocycles. The van der Waals surface area contributed by atoms with Gasteiger partial charge in [-0.05, 0) is 54.3 Å². The third kappa shape index (κ3) is 4.48. The van der Waals surface area contributed by atoms with Gasteiger partial charge in [0.05, 0.1) is 22.8 Å². The van der Waals surface area contributed by atoms with Crippen molar-refractivity contribution in [1.29, 1.82) is 0 Å². The third-order valence-electron chi connectivity index (χ3n) is 5.09. The summed E-state index contributed by atoms with van der Waals surface area (Å²) in [7, 11) is 0. The van der Waals surface area contributed by atoms with Crippen LogP contribution in [0.2, 0.25) is 0 Å². The first kappa shape index (κ1) is 21.9. The van der Waals surface area contributed by atoms with Crippen molar-refractivity contribution in [3.05, 3.63) is 94.9 Å². The second kappa shape index (κ2) is 9.45. The van der Waals surface area contributed by atoms with E-state index < -0.39 is 0 Å². The number of thioether (sulfide) groups is 1. The SMILES string of the molecule is Cc1ccccc1N1C(=O)C(Sc2ccccc2)=C(c2ccc(OCC(C)C)cc2)C1=O. The maximum absolute atomic E-state index is 13.6. The Balaban J connectivity index is 1.74. The first-order valence-corrected chi connectivity index (χ1v) is 11.4. The molecule has 0 aliphatic carbocycles. The van der Waals surface area contributed by atoms with Gasteiger partial charge in [-0.25, -0.2) is 4.90 Å². The Hall–Kier alpha value is -3.31. The monoisotopic (exact) mass is 443 g/mol. The standard InChI is InChI=1S/C27H25NO3S/c1-18(2)17-31-21-15-13-20(14-16-21)24-25(32-22-10-5-4-6-11-22)27(30)28(26(24)29)23-12-8-7-9-19(23)3/h4-16,18H,17H2,1-3H3. The van der Waals surface area contributed by atoms with E-state index in [0.29, 0.717) is 34.3 Å². The first-order chi connectivity index (χ1) is 15.5. The van der Waals surface area contributed by atoms with Crippen LogP contribution in [-0.4, -0.2) is 18.4 Å². The lowest BCUT2D eigenvalue weighted by atomic mass is 10.1. The van der Waals surface area contributed by atoms with Crippen molar-refractivity contribution in [3.63, 3.8) is 0 Å². The lowest BCUT2D eigenvalue weighted by Gasteiger charge is -2.17. The number of carbonyl (C=O) groups excluding carboxylic acids is 2. The van der Waals surface area contributed by atoms with Crippen molar-refractivity contribution in [2.45, 2.75) is 25.7 Å². The average Bonchev–Trinajstić information content (AvgIpc) is 3.03. The number of para-hydroxylation sites is 1. The van der Waals surface area contributed by atoms with Crippen molar-refractivity contribution in [3.8, 4) is 5.75 Å². The summed E-state index contributed by atoms with van der Waals surface area (Å²) < 4.78 is 5.78. The molecule has 32 heavy (non-hydrogen) atoms. The van der Waals surface area contributed by atoms with Gasteiger partial charge in [-0.3, -0.25) is 9.59 Å². The summed E-state index contributed by atoms with van der Waals surface area (Å²) in [6.45, 7) is 6.71. The van der Waals surface area contributed by atoms with Gasteiger partial charge in [0.25, 0.3) is 11.8 Å². The summed E-state index contributed by atoms with van der Waals surface area (Å²) in [6.07, 6.45) is 0. The zero-order valence-corrected chi connectivity index (χ0v) is 19.2. The summed E-state index contributed by atoms with van der Waals surface area (Å²) in [6, 6.07) is 24.5. The van der Waals surface area contributed by atoms with E-state index in [1.54, 1.807) is 0 Å². The van der Waals surface area contributed by atoms with E-state index in [1.807, 2.05) is 85.8 Å². The second-order valence-corrected chi connectivity index (χ2v) is 9.16. The molecular weight excluding hydrogens is 418 g/mol. The zero-order chi connectivity index (χ0) is 22.7. The van der Waals surface area contributed by atoms with E-state index in [-0.39, 0.29) is 11.8 Å². The Morgan fingerprint density at radius 3 is 2.16 bits per heavy atom. The Morgan fingerprint density at radius 1 is 0.844 bits per heavy atom. The minimum absolute atomic E-state index is 0.298. The van der Waals surface area contributed by atoms with Crippen LogP contribution in [0.3, 0.4) is 0 Å². The zero-order valence-electron chi connectivity index (χ0n) is 18.4. The van der Waals surface area contributed by atoms with E-state index in [2.05, 4.69) is 13.8 Å². The van der Waals surface area contributed by atoms with Gasteiger partial charge in [0.2, 0.25) is 0 Å². The van der Waals surface area contributed by atoms with Gasteiger partial charge in [0.15, 0.2) is 0 Å². The molecule has 0 saturated heterocycles. The normalized spacial score (nSPS) is 13.9. The van der Waals surface area contributed by atoms with Crippen molar-refractivity contribution in [2.75, 3.05) is 11.5 Å². The molecule has 0 aromatic heterocycles. The number of anilines is 1. The number of carbonyl (C=O) groups is 2. The van der Waals surface area contributed by atoms with Crippen LogP contribution >= 0.6 is 11.8 Å². The Bertz CT molecular complexity index is 1170. The first-order valence-electron chi connectivity index (χ1n) is 10.6. The number of aryl methyl sites for hydroxylation is 1. The van der Waals surface area contributed by atoms with Gasteiger partial charge < -0.3 is 4.74 Å². The number of nitrogens with zero attached hydrogens (tertiary/aromatic N) is 1. The highest BCUT2D eigenvalue weighted by Crippen LogP contribution is 2.42. The second-order valence-electron chi connectivity index (χ2n) is 8.08. The number of imide groups is 1. The molecule has 0 fully saturated rings. The minimum Gasteiger partial charge on any atom is -0.493 e.